The third-order valence-corrected chi connectivity index (χ3v) is 2.57. The number of anilines is 1. The Morgan fingerprint density at radius 2 is 2.00 bits per heavy atom. The van der Waals surface area contributed by atoms with Gasteiger partial charge in [-0.05, 0) is 11.5 Å². The zero-order chi connectivity index (χ0) is 13.2. The summed E-state index contributed by atoms with van der Waals surface area (Å²) in [6, 6.07) is 2.37. The minimum absolute atomic E-state index is 0.122. The van der Waals surface area contributed by atoms with E-state index in [1.54, 1.807) is 19.3 Å². The van der Waals surface area contributed by atoms with E-state index in [1.807, 2.05) is 20.8 Å². The molecule has 1 aromatic rings. The Morgan fingerprint density at radius 1 is 1.41 bits per heavy atom. The summed E-state index contributed by atoms with van der Waals surface area (Å²) in [4.78, 5) is 23.0. The second-order valence-corrected chi connectivity index (χ2v) is 5.20. The summed E-state index contributed by atoms with van der Waals surface area (Å²) < 4.78 is 1.40. The molecule has 1 heterocycles. The Morgan fingerprint density at radius 3 is 2.47 bits per heavy atom. The molecule has 0 fully saturated rings. The SMILES string of the molecule is Cn1cc(NC(=O)C(N)C(C)(C)C)ccc1=O. The number of amides is 1. The molecule has 0 aliphatic heterocycles. The van der Waals surface area contributed by atoms with Crippen molar-refractivity contribution in [3.05, 3.63) is 28.7 Å². The number of aromatic nitrogens is 1. The molecule has 0 radical (unpaired) electrons. The summed E-state index contributed by atoms with van der Waals surface area (Å²) in [5, 5.41) is 2.69. The van der Waals surface area contributed by atoms with Crippen molar-refractivity contribution in [2.75, 3.05) is 5.32 Å². The monoisotopic (exact) mass is 237 g/mol. The van der Waals surface area contributed by atoms with Crippen molar-refractivity contribution in [2.45, 2.75) is 26.8 Å². The lowest BCUT2D eigenvalue weighted by atomic mass is 9.87. The summed E-state index contributed by atoms with van der Waals surface area (Å²) in [5.74, 6) is -0.254. The van der Waals surface area contributed by atoms with Crippen LogP contribution in [0.3, 0.4) is 0 Å². The quantitative estimate of drug-likeness (QED) is 0.794. The highest BCUT2D eigenvalue weighted by Crippen LogP contribution is 2.18. The molecule has 1 unspecified atom stereocenters. The fourth-order valence-electron chi connectivity index (χ4n) is 1.28. The molecule has 0 aliphatic carbocycles. The molecule has 0 aliphatic rings. The van der Waals surface area contributed by atoms with Crippen LogP contribution in [-0.2, 0) is 11.8 Å². The fourth-order valence-corrected chi connectivity index (χ4v) is 1.28. The molecule has 1 atom stereocenters. The lowest BCUT2D eigenvalue weighted by Gasteiger charge is -2.25. The number of nitrogens with two attached hydrogens (primary N) is 1. The van der Waals surface area contributed by atoms with Crippen LogP contribution in [0.4, 0.5) is 5.69 Å². The van der Waals surface area contributed by atoms with Crippen LogP contribution in [0.1, 0.15) is 20.8 Å². The summed E-state index contributed by atoms with van der Waals surface area (Å²) in [5.41, 5.74) is 5.97. The van der Waals surface area contributed by atoms with Crippen LogP contribution in [0.15, 0.2) is 23.1 Å². The zero-order valence-electron chi connectivity index (χ0n) is 10.7. The number of nitrogens with one attached hydrogen (secondary N) is 1. The van der Waals surface area contributed by atoms with Crippen molar-refractivity contribution in [3.8, 4) is 0 Å². The van der Waals surface area contributed by atoms with Gasteiger partial charge in [0.25, 0.3) is 0 Å². The number of carbonyl (C=O) groups is 1. The molecule has 0 aromatic carbocycles. The van der Waals surface area contributed by atoms with Gasteiger partial charge in [0.1, 0.15) is 0 Å². The van der Waals surface area contributed by atoms with Gasteiger partial charge in [-0.15, -0.1) is 0 Å². The van der Waals surface area contributed by atoms with Crippen LogP contribution in [0.25, 0.3) is 0 Å². The minimum atomic E-state index is -0.597. The van der Waals surface area contributed by atoms with E-state index >= 15 is 0 Å². The van der Waals surface area contributed by atoms with Gasteiger partial charge in [0.05, 0.1) is 11.7 Å². The molecule has 3 N–H and O–H groups in total. The molecule has 94 valence electrons. The van der Waals surface area contributed by atoms with Gasteiger partial charge >= 0.3 is 0 Å². The highest BCUT2D eigenvalue weighted by molar-refractivity contribution is 5.95. The van der Waals surface area contributed by atoms with Crippen LogP contribution < -0.4 is 16.6 Å². The highest BCUT2D eigenvalue weighted by Gasteiger charge is 2.27. The normalized spacial score (nSPS) is 13.2. The third-order valence-electron chi connectivity index (χ3n) is 2.57. The van der Waals surface area contributed by atoms with Gasteiger partial charge in [0.15, 0.2) is 0 Å². The largest absolute Gasteiger partial charge is 0.323 e. The molecule has 0 bridgehead atoms. The maximum atomic E-state index is 11.8. The molecule has 0 saturated heterocycles. The van der Waals surface area contributed by atoms with E-state index < -0.39 is 6.04 Å². The fraction of sp³-hybridized carbons (Fsp3) is 0.500. The first-order valence-corrected chi connectivity index (χ1v) is 5.45. The molecule has 17 heavy (non-hydrogen) atoms. The van der Waals surface area contributed by atoms with Gasteiger partial charge in [-0.25, -0.2) is 0 Å². The van der Waals surface area contributed by atoms with Gasteiger partial charge in [0, 0.05) is 19.3 Å². The Bertz CT molecular complexity index is 471. The number of nitrogens with zero attached hydrogens (tertiary/aromatic N) is 1. The highest BCUT2D eigenvalue weighted by atomic mass is 16.2. The van der Waals surface area contributed by atoms with Crippen molar-refractivity contribution in [1.82, 2.24) is 4.57 Å². The Hall–Kier alpha value is -1.62. The smallest absolute Gasteiger partial charge is 0.250 e. The van der Waals surface area contributed by atoms with Gasteiger partial charge < -0.3 is 15.6 Å². The van der Waals surface area contributed by atoms with Crippen molar-refractivity contribution in [1.29, 1.82) is 0 Å². The Labute approximate surface area is 101 Å². The van der Waals surface area contributed by atoms with Crippen molar-refractivity contribution >= 4 is 11.6 Å². The van der Waals surface area contributed by atoms with E-state index in [0.717, 1.165) is 0 Å². The molecular weight excluding hydrogens is 218 g/mol. The number of rotatable bonds is 2. The topological polar surface area (TPSA) is 77.1 Å². The number of pyridine rings is 1. The van der Waals surface area contributed by atoms with E-state index in [2.05, 4.69) is 5.32 Å². The zero-order valence-corrected chi connectivity index (χ0v) is 10.7. The van der Waals surface area contributed by atoms with Crippen molar-refractivity contribution in [3.63, 3.8) is 0 Å². The van der Waals surface area contributed by atoms with E-state index in [4.69, 9.17) is 5.73 Å². The minimum Gasteiger partial charge on any atom is -0.323 e. The lowest BCUT2D eigenvalue weighted by Crippen LogP contribution is -2.45. The second kappa shape index (κ2) is 4.71. The Balaban J connectivity index is 2.82. The predicted octanol–water partition coefficient (Wildman–Crippen LogP) is 0.697. The summed E-state index contributed by atoms with van der Waals surface area (Å²) in [6.45, 7) is 5.70. The molecule has 1 rings (SSSR count). The van der Waals surface area contributed by atoms with Gasteiger partial charge in [-0.2, -0.15) is 0 Å². The molecule has 1 amide bonds. The average Bonchev–Trinajstić information content (AvgIpc) is 2.21. The first-order valence-electron chi connectivity index (χ1n) is 5.45. The van der Waals surface area contributed by atoms with E-state index in [-0.39, 0.29) is 16.9 Å². The van der Waals surface area contributed by atoms with E-state index in [0.29, 0.717) is 5.69 Å². The van der Waals surface area contributed by atoms with E-state index in [9.17, 15) is 9.59 Å². The second-order valence-electron chi connectivity index (χ2n) is 5.20. The standard InChI is InChI=1S/C12H19N3O2/c1-12(2,3)10(13)11(17)14-8-5-6-9(16)15(4)7-8/h5-7,10H,13H2,1-4H3,(H,14,17). The first-order chi connectivity index (χ1) is 7.71. The number of carbonyl (C=O) groups excluding carboxylic acids is 1. The molecule has 0 spiro atoms. The van der Waals surface area contributed by atoms with E-state index in [1.165, 1.54) is 10.6 Å². The third kappa shape index (κ3) is 3.42. The molecule has 5 nitrogen and oxygen atoms in total. The lowest BCUT2D eigenvalue weighted by molar-refractivity contribution is -0.119. The summed E-state index contributed by atoms with van der Waals surface area (Å²) >= 11 is 0. The molecular formula is C12H19N3O2. The van der Waals surface area contributed by atoms with Crippen LogP contribution in [0.2, 0.25) is 0 Å². The number of hydrogen-bond donors (Lipinski definition) is 2. The maximum Gasteiger partial charge on any atom is 0.250 e. The Kier molecular flexibility index (Phi) is 3.72. The van der Waals surface area contributed by atoms with Gasteiger partial charge in [-0.3, -0.25) is 9.59 Å². The average molecular weight is 237 g/mol. The van der Waals surface area contributed by atoms with Crippen LogP contribution in [-0.4, -0.2) is 16.5 Å². The number of aryl methyl sites for hydroxylation is 1. The molecule has 0 saturated carbocycles. The summed E-state index contributed by atoms with van der Waals surface area (Å²) in [7, 11) is 1.63. The van der Waals surface area contributed by atoms with Crippen LogP contribution >= 0.6 is 0 Å². The van der Waals surface area contributed by atoms with Gasteiger partial charge in [-0.1, -0.05) is 20.8 Å². The van der Waals surface area contributed by atoms with Gasteiger partial charge in [0.2, 0.25) is 11.5 Å². The number of hydrogen-bond acceptors (Lipinski definition) is 3. The maximum absolute atomic E-state index is 11.8. The predicted molar refractivity (Wildman–Crippen MR) is 67.7 cm³/mol. The van der Waals surface area contributed by atoms with Crippen LogP contribution in [0.5, 0.6) is 0 Å². The molecule has 1 aromatic heterocycles. The summed E-state index contributed by atoms with van der Waals surface area (Å²) in [6.07, 6.45) is 1.57. The van der Waals surface area contributed by atoms with Crippen molar-refractivity contribution < 1.29 is 4.79 Å². The first kappa shape index (κ1) is 13.4. The molecule has 5 heteroatoms. The van der Waals surface area contributed by atoms with Crippen molar-refractivity contribution in [2.24, 2.45) is 18.2 Å². The van der Waals surface area contributed by atoms with Crippen LogP contribution in [0, 0.1) is 5.41 Å².